The van der Waals surface area contributed by atoms with Gasteiger partial charge in [-0.25, -0.2) is 0 Å². The number of nitrogens with zero attached hydrogens (tertiary/aromatic N) is 4. The highest BCUT2D eigenvalue weighted by atomic mass is 35.5. The molecule has 0 unspecified atom stereocenters. The number of rotatable bonds is 3. The fourth-order valence-electron chi connectivity index (χ4n) is 1.31. The van der Waals surface area contributed by atoms with Gasteiger partial charge in [-0.1, -0.05) is 11.6 Å². The van der Waals surface area contributed by atoms with Crippen LogP contribution in [-0.2, 0) is 6.54 Å². The van der Waals surface area contributed by atoms with Gasteiger partial charge >= 0.3 is 0 Å². The zero-order valence-electron chi connectivity index (χ0n) is 8.59. The zero-order valence-corrected chi connectivity index (χ0v) is 9.35. The molecule has 1 heterocycles. The van der Waals surface area contributed by atoms with E-state index in [4.69, 9.17) is 22.1 Å². The summed E-state index contributed by atoms with van der Waals surface area (Å²) in [5.74, 6) is 1.14. The van der Waals surface area contributed by atoms with Gasteiger partial charge < -0.3 is 10.5 Å². The third-order valence-electron chi connectivity index (χ3n) is 2.10. The van der Waals surface area contributed by atoms with Crippen LogP contribution in [0.3, 0.4) is 0 Å². The van der Waals surface area contributed by atoms with Crippen molar-refractivity contribution in [3.05, 3.63) is 29.0 Å². The average molecular weight is 240 g/mol. The highest BCUT2D eigenvalue weighted by molar-refractivity contribution is 6.32. The van der Waals surface area contributed by atoms with Gasteiger partial charge in [0.05, 0.1) is 24.4 Å². The molecule has 0 atom stereocenters. The molecule has 0 aliphatic rings. The van der Waals surface area contributed by atoms with Crippen LogP contribution in [0.1, 0.15) is 5.82 Å². The van der Waals surface area contributed by atoms with Crippen molar-refractivity contribution >= 4 is 11.6 Å². The Morgan fingerprint density at radius 1 is 1.50 bits per heavy atom. The van der Waals surface area contributed by atoms with Crippen LogP contribution in [0, 0.1) is 0 Å². The number of hydrogen-bond acceptors (Lipinski definition) is 5. The molecule has 0 spiro atoms. The summed E-state index contributed by atoms with van der Waals surface area (Å²) < 4.78 is 6.65. The lowest BCUT2D eigenvalue weighted by Gasteiger charge is -2.06. The van der Waals surface area contributed by atoms with Crippen molar-refractivity contribution in [2.45, 2.75) is 6.54 Å². The highest BCUT2D eigenvalue weighted by Gasteiger charge is 2.08. The average Bonchev–Trinajstić information content (AvgIpc) is 2.78. The summed E-state index contributed by atoms with van der Waals surface area (Å²) >= 11 is 5.92. The summed E-state index contributed by atoms with van der Waals surface area (Å²) in [6, 6.07) is 5.26. The third kappa shape index (κ3) is 1.84. The number of aromatic nitrogens is 4. The molecule has 0 amide bonds. The Hall–Kier alpha value is -1.66. The predicted molar refractivity (Wildman–Crippen MR) is 58.6 cm³/mol. The Morgan fingerprint density at radius 2 is 2.31 bits per heavy atom. The normalized spacial score (nSPS) is 10.4. The van der Waals surface area contributed by atoms with Gasteiger partial charge in [-0.05, 0) is 22.6 Å². The second-order valence-corrected chi connectivity index (χ2v) is 3.44. The van der Waals surface area contributed by atoms with Gasteiger partial charge in [0.1, 0.15) is 5.75 Å². The van der Waals surface area contributed by atoms with Crippen molar-refractivity contribution in [2.75, 3.05) is 7.11 Å². The van der Waals surface area contributed by atoms with Crippen molar-refractivity contribution in [2.24, 2.45) is 5.73 Å². The van der Waals surface area contributed by atoms with Crippen LogP contribution in [0.15, 0.2) is 18.2 Å². The third-order valence-corrected chi connectivity index (χ3v) is 2.41. The van der Waals surface area contributed by atoms with Crippen LogP contribution >= 0.6 is 11.6 Å². The van der Waals surface area contributed by atoms with Crippen molar-refractivity contribution in [1.29, 1.82) is 0 Å². The highest BCUT2D eigenvalue weighted by Crippen LogP contribution is 2.26. The minimum Gasteiger partial charge on any atom is -0.495 e. The first-order valence-electron chi connectivity index (χ1n) is 4.57. The minimum absolute atomic E-state index is 0.262. The quantitative estimate of drug-likeness (QED) is 0.857. The Labute approximate surface area is 97.0 Å². The molecule has 0 saturated heterocycles. The number of nitrogens with two attached hydrogens (primary N) is 1. The molecule has 6 nitrogen and oxygen atoms in total. The van der Waals surface area contributed by atoms with Gasteiger partial charge in [-0.15, -0.1) is 5.10 Å². The van der Waals surface area contributed by atoms with Gasteiger partial charge in [-0.3, -0.25) is 0 Å². The molecule has 0 bridgehead atoms. The zero-order chi connectivity index (χ0) is 11.5. The molecule has 0 saturated carbocycles. The lowest BCUT2D eigenvalue weighted by atomic mass is 10.3. The van der Waals surface area contributed by atoms with Gasteiger partial charge in [0, 0.05) is 6.07 Å². The van der Waals surface area contributed by atoms with Crippen LogP contribution < -0.4 is 10.5 Å². The number of hydrogen-bond donors (Lipinski definition) is 1. The van der Waals surface area contributed by atoms with Crippen LogP contribution in [0.4, 0.5) is 0 Å². The van der Waals surface area contributed by atoms with Crippen LogP contribution in [0.2, 0.25) is 5.02 Å². The molecule has 0 radical (unpaired) electrons. The van der Waals surface area contributed by atoms with Crippen molar-refractivity contribution in [3.63, 3.8) is 0 Å². The Bertz CT molecular complexity index is 498. The van der Waals surface area contributed by atoms with Gasteiger partial charge in [-0.2, -0.15) is 4.68 Å². The number of tetrazole rings is 1. The van der Waals surface area contributed by atoms with Gasteiger partial charge in [0.25, 0.3) is 0 Å². The lowest BCUT2D eigenvalue weighted by Crippen LogP contribution is -2.08. The summed E-state index contributed by atoms with van der Waals surface area (Å²) in [7, 11) is 1.55. The lowest BCUT2D eigenvalue weighted by molar-refractivity contribution is 0.414. The van der Waals surface area contributed by atoms with E-state index in [1.807, 2.05) is 0 Å². The monoisotopic (exact) mass is 239 g/mol. The molecule has 1 aromatic carbocycles. The second kappa shape index (κ2) is 4.46. The number of halogens is 1. The summed E-state index contributed by atoms with van der Waals surface area (Å²) in [6.07, 6.45) is 0. The fourth-order valence-corrected chi connectivity index (χ4v) is 1.51. The molecule has 2 aromatic rings. The fraction of sp³-hybridized carbons (Fsp3) is 0.222. The Morgan fingerprint density at radius 3 is 3.00 bits per heavy atom. The molecule has 2 N–H and O–H groups in total. The SMILES string of the molecule is COc1cc(-n2nnnc2CN)ccc1Cl. The first kappa shape index (κ1) is 10.8. The molecular weight excluding hydrogens is 230 g/mol. The van der Waals surface area contributed by atoms with Gasteiger partial charge in [0.15, 0.2) is 5.82 Å². The Balaban J connectivity index is 2.48. The number of ether oxygens (including phenoxy) is 1. The van der Waals surface area contributed by atoms with Crippen molar-refractivity contribution < 1.29 is 4.74 Å². The van der Waals surface area contributed by atoms with E-state index in [-0.39, 0.29) is 6.54 Å². The predicted octanol–water partition coefficient (Wildman–Crippen LogP) is 0.783. The minimum atomic E-state index is 0.262. The second-order valence-electron chi connectivity index (χ2n) is 3.03. The maximum Gasteiger partial charge on any atom is 0.170 e. The van der Waals surface area contributed by atoms with E-state index in [1.165, 1.54) is 0 Å². The smallest absolute Gasteiger partial charge is 0.170 e. The van der Waals surface area contributed by atoms with Crippen molar-refractivity contribution in [3.8, 4) is 11.4 Å². The molecule has 0 aliphatic carbocycles. The van der Waals surface area contributed by atoms with Crippen LogP contribution in [-0.4, -0.2) is 27.3 Å². The summed E-state index contributed by atoms with van der Waals surface area (Å²) in [4.78, 5) is 0. The molecule has 0 fully saturated rings. The van der Waals surface area contributed by atoms with E-state index in [2.05, 4.69) is 15.5 Å². The molecule has 2 rings (SSSR count). The Kier molecular flexibility index (Phi) is 3.02. The van der Waals surface area contributed by atoms with Crippen LogP contribution in [0.5, 0.6) is 5.75 Å². The van der Waals surface area contributed by atoms with Crippen LogP contribution in [0.25, 0.3) is 5.69 Å². The molecule has 1 aromatic heterocycles. The standard InChI is InChI=1S/C9H10ClN5O/c1-16-8-4-6(2-3-7(8)10)15-9(5-11)12-13-14-15/h2-4H,5,11H2,1H3. The summed E-state index contributed by atoms with van der Waals surface area (Å²) in [6.45, 7) is 0.262. The topological polar surface area (TPSA) is 78.8 Å². The van der Waals surface area contributed by atoms with E-state index >= 15 is 0 Å². The summed E-state index contributed by atoms with van der Waals surface area (Å²) in [5.41, 5.74) is 6.27. The largest absolute Gasteiger partial charge is 0.495 e. The van der Waals surface area contributed by atoms with E-state index < -0.39 is 0 Å². The van der Waals surface area contributed by atoms with Crippen molar-refractivity contribution in [1.82, 2.24) is 20.2 Å². The number of benzene rings is 1. The van der Waals surface area contributed by atoms with Gasteiger partial charge in [0.2, 0.25) is 0 Å². The van der Waals surface area contributed by atoms with E-state index in [1.54, 1.807) is 30.0 Å². The number of methoxy groups -OCH3 is 1. The molecular formula is C9H10ClN5O. The first-order chi connectivity index (χ1) is 7.76. The maximum atomic E-state index is 5.92. The molecule has 84 valence electrons. The maximum absolute atomic E-state index is 5.92. The molecule has 16 heavy (non-hydrogen) atoms. The van der Waals surface area contributed by atoms with E-state index in [0.717, 1.165) is 5.69 Å². The summed E-state index contributed by atoms with van der Waals surface area (Å²) in [5, 5.41) is 11.7. The molecule has 7 heteroatoms. The van der Waals surface area contributed by atoms with E-state index in [0.29, 0.717) is 16.6 Å². The first-order valence-corrected chi connectivity index (χ1v) is 4.95. The van der Waals surface area contributed by atoms with E-state index in [9.17, 15) is 0 Å². The molecule has 0 aliphatic heterocycles.